The Hall–Kier alpha value is -2.41. The van der Waals surface area contributed by atoms with Gasteiger partial charge in [0.2, 0.25) is 0 Å². The van der Waals surface area contributed by atoms with Crippen molar-refractivity contribution in [3.8, 4) is 11.3 Å². The van der Waals surface area contributed by atoms with E-state index in [2.05, 4.69) is 10.2 Å². The van der Waals surface area contributed by atoms with Gasteiger partial charge in [-0.2, -0.15) is 5.10 Å². The van der Waals surface area contributed by atoms with Gasteiger partial charge < -0.3 is 10.0 Å². The quantitative estimate of drug-likeness (QED) is 0.900. The van der Waals surface area contributed by atoms with E-state index in [1.54, 1.807) is 0 Å². The van der Waals surface area contributed by atoms with Gasteiger partial charge in [0.05, 0.1) is 28.4 Å². The lowest BCUT2D eigenvalue weighted by Gasteiger charge is -2.15. The van der Waals surface area contributed by atoms with Gasteiger partial charge in [-0.1, -0.05) is 11.6 Å². The summed E-state index contributed by atoms with van der Waals surface area (Å²) in [5.41, 5.74) is 1.26. The molecule has 2 heterocycles. The molecule has 1 unspecified atom stereocenters. The zero-order chi connectivity index (χ0) is 16.6. The Bertz CT molecular complexity index is 777. The van der Waals surface area contributed by atoms with Crippen LogP contribution in [0.2, 0.25) is 5.02 Å². The molecule has 0 spiro atoms. The average molecular weight is 338 g/mol. The molecular formula is C15H13ClFN3O3. The van der Waals surface area contributed by atoms with Crippen molar-refractivity contribution in [3.05, 3.63) is 40.8 Å². The summed E-state index contributed by atoms with van der Waals surface area (Å²) in [6.07, 6.45) is 1.81. The first-order chi connectivity index (χ1) is 11.0. The van der Waals surface area contributed by atoms with Gasteiger partial charge in [0.15, 0.2) is 0 Å². The van der Waals surface area contributed by atoms with Crippen LogP contribution in [-0.2, 0) is 4.79 Å². The second-order valence-corrected chi connectivity index (χ2v) is 5.77. The van der Waals surface area contributed by atoms with Gasteiger partial charge in [-0.05, 0) is 24.6 Å². The van der Waals surface area contributed by atoms with Crippen LogP contribution in [0.4, 0.5) is 4.39 Å². The normalized spacial score (nSPS) is 17.5. The minimum absolute atomic E-state index is 0.0531. The number of nitrogens with zero attached hydrogens (tertiary/aromatic N) is 2. The number of carboxylic acid groups (broad SMARTS) is 1. The molecule has 1 aromatic heterocycles. The van der Waals surface area contributed by atoms with Crippen molar-refractivity contribution in [1.29, 1.82) is 0 Å². The number of halogens is 2. The molecule has 23 heavy (non-hydrogen) atoms. The molecule has 1 atom stereocenters. The Morgan fingerprint density at radius 1 is 1.43 bits per heavy atom. The van der Waals surface area contributed by atoms with Crippen molar-refractivity contribution in [3.63, 3.8) is 0 Å². The molecule has 0 radical (unpaired) electrons. The molecule has 1 fully saturated rings. The zero-order valence-corrected chi connectivity index (χ0v) is 12.7. The molecule has 8 heteroatoms. The molecule has 1 amide bonds. The number of aromatic amines is 1. The van der Waals surface area contributed by atoms with Gasteiger partial charge in [0, 0.05) is 18.7 Å². The van der Waals surface area contributed by atoms with E-state index < -0.39 is 17.7 Å². The van der Waals surface area contributed by atoms with E-state index >= 15 is 0 Å². The molecule has 6 nitrogen and oxygen atoms in total. The molecular weight excluding hydrogens is 325 g/mol. The maximum Gasteiger partial charge on any atom is 0.308 e. The molecule has 0 bridgehead atoms. The van der Waals surface area contributed by atoms with Gasteiger partial charge in [-0.25, -0.2) is 4.39 Å². The second kappa shape index (κ2) is 6.00. The number of rotatable bonds is 3. The smallest absolute Gasteiger partial charge is 0.308 e. The van der Waals surface area contributed by atoms with Crippen LogP contribution in [0, 0.1) is 11.7 Å². The van der Waals surface area contributed by atoms with Crippen LogP contribution >= 0.6 is 11.6 Å². The minimum Gasteiger partial charge on any atom is -0.481 e. The number of H-pyrrole nitrogens is 1. The van der Waals surface area contributed by atoms with Crippen molar-refractivity contribution in [2.75, 3.05) is 13.1 Å². The first-order valence-corrected chi connectivity index (χ1v) is 7.36. The number of amides is 1. The molecule has 120 valence electrons. The SMILES string of the molecule is O=C(O)C1CCN(C(=O)c2cn[nH]c2-c2ccc(F)c(Cl)c2)C1. The molecule has 1 saturated heterocycles. The number of carbonyl (C=O) groups is 2. The van der Waals surface area contributed by atoms with Crippen LogP contribution in [0.25, 0.3) is 11.3 Å². The molecule has 2 N–H and O–H groups in total. The number of likely N-dealkylation sites (tertiary alicyclic amines) is 1. The summed E-state index contributed by atoms with van der Waals surface area (Å²) in [6.45, 7) is 0.549. The maximum absolute atomic E-state index is 13.3. The van der Waals surface area contributed by atoms with E-state index in [0.29, 0.717) is 29.8 Å². The highest BCUT2D eigenvalue weighted by atomic mass is 35.5. The third-order valence-corrected chi connectivity index (χ3v) is 4.19. The zero-order valence-electron chi connectivity index (χ0n) is 11.9. The minimum atomic E-state index is -0.905. The first kappa shape index (κ1) is 15.5. The molecule has 1 aliphatic heterocycles. The number of hydrogen-bond donors (Lipinski definition) is 2. The molecule has 1 aliphatic rings. The van der Waals surface area contributed by atoms with Gasteiger partial charge in [0.25, 0.3) is 5.91 Å². The molecule has 2 aromatic rings. The lowest BCUT2D eigenvalue weighted by Crippen LogP contribution is -2.30. The molecule has 0 saturated carbocycles. The second-order valence-electron chi connectivity index (χ2n) is 5.36. The predicted molar refractivity (Wildman–Crippen MR) is 80.6 cm³/mol. The van der Waals surface area contributed by atoms with Gasteiger partial charge in [0.1, 0.15) is 5.82 Å². The summed E-state index contributed by atoms with van der Waals surface area (Å²) >= 11 is 5.77. The summed E-state index contributed by atoms with van der Waals surface area (Å²) in [5.74, 6) is -2.31. The first-order valence-electron chi connectivity index (χ1n) is 6.98. The number of carboxylic acids is 1. The highest BCUT2D eigenvalue weighted by Crippen LogP contribution is 2.28. The fourth-order valence-electron chi connectivity index (χ4n) is 2.64. The largest absolute Gasteiger partial charge is 0.481 e. The Kier molecular flexibility index (Phi) is 4.04. The van der Waals surface area contributed by atoms with Crippen LogP contribution < -0.4 is 0 Å². The van der Waals surface area contributed by atoms with Crippen molar-refractivity contribution >= 4 is 23.5 Å². The number of hydrogen-bond acceptors (Lipinski definition) is 3. The molecule has 0 aliphatic carbocycles. The van der Waals surface area contributed by atoms with Crippen molar-refractivity contribution < 1.29 is 19.1 Å². The molecule has 1 aromatic carbocycles. The van der Waals surface area contributed by atoms with Crippen LogP contribution in [0.3, 0.4) is 0 Å². The standard InChI is InChI=1S/C15H13ClFN3O3/c16-11-5-8(1-2-12(11)17)13-10(6-18-19-13)14(21)20-4-3-9(7-20)15(22)23/h1-2,5-6,9H,3-4,7H2,(H,18,19)(H,22,23). The van der Waals surface area contributed by atoms with Crippen LogP contribution in [0.5, 0.6) is 0 Å². The summed E-state index contributed by atoms with van der Waals surface area (Å²) < 4.78 is 13.3. The topological polar surface area (TPSA) is 86.3 Å². The highest BCUT2D eigenvalue weighted by Gasteiger charge is 2.32. The fourth-order valence-corrected chi connectivity index (χ4v) is 2.82. The summed E-state index contributed by atoms with van der Waals surface area (Å²) in [4.78, 5) is 25.1. The van der Waals surface area contributed by atoms with Crippen molar-refractivity contribution in [2.45, 2.75) is 6.42 Å². The van der Waals surface area contributed by atoms with E-state index in [0.717, 1.165) is 0 Å². The number of nitrogens with one attached hydrogen (secondary N) is 1. The van der Waals surface area contributed by atoms with E-state index in [-0.39, 0.29) is 17.5 Å². The monoisotopic (exact) mass is 337 g/mol. The van der Waals surface area contributed by atoms with Crippen molar-refractivity contribution in [2.24, 2.45) is 5.92 Å². The van der Waals surface area contributed by atoms with E-state index in [1.807, 2.05) is 0 Å². The Balaban J connectivity index is 1.87. The number of aliphatic carboxylic acids is 1. The number of aromatic nitrogens is 2. The maximum atomic E-state index is 13.3. The van der Waals surface area contributed by atoms with Crippen molar-refractivity contribution in [1.82, 2.24) is 15.1 Å². The van der Waals surface area contributed by atoms with Gasteiger partial charge in [-0.15, -0.1) is 0 Å². The summed E-state index contributed by atoms with van der Waals surface area (Å²) in [6, 6.07) is 4.11. The Labute approximate surface area is 135 Å². The average Bonchev–Trinajstić information content (AvgIpc) is 3.18. The lowest BCUT2D eigenvalue weighted by atomic mass is 10.1. The van der Waals surface area contributed by atoms with Crippen LogP contribution in [0.1, 0.15) is 16.8 Å². The fraction of sp³-hybridized carbons (Fsp3) is 0.267. The number of carbonyl (C=O) groups excluding carboxylic acids is 1. The third kappa shape index (κ3) is 2.92. The van der Waals surface area contributed by atoms with Crippen LogP contribution in [0.15, 0.2) is 24.4 Å². The Morgan fingerprint density at radius 2 is 2.22 bits per heavy atom. The number of benzene rings is 1. The third-order valence-electron chi connectivity index (χ3n) is 3.90. The van der Waals surface area contributed by atoms with Crippen LogP contribution in [-0.4, -0.2) is 45.2 Å². The summed E-state index contributed by atoms with van der Waals surface area (Å²) in [7, 11) is 0. The Morgan fingerprint density at radius 3 is 2.87 bits per heavy atom. The molecule has 3 rings (SSSR count). The van der Waals surface area contributed by atoms with E-state index in [4.69, 9.17) is 16.7 Å². The lowest BCUT2D eigenvalue weighted by molar-refractivity contribution is -0.141. The summed E-state index contributed by atoms with van der Waals surface area (Å²) in [5, 5.41) is 15.6. The highest BCUT2D eigenvalue weighted by molar-refractivity contribution is 6.31. The predicted octanol–water partition coefficient (Wildman–Crippen LogP) is 2.42. The van der Waals surface area contributed by atoms with Gasteiger partial charge >= 0.3 is 5.97 Å². The van der Waals surface area contributed by atoms with E-state index in [9.17, 15) is 14.0 Å². The van der Waals surface area contributed by atoms with Gasteiger partial charge in [-0.3, -0.25) is 14.7 Å². The van der Waals surface area contributed by atoms with E-state index in [1.165, 1.54) is 29.3 Å².